The van der Waals surface area contributed by atoms with Crippen molar-refractivity contribution in [2.45, 2.75) is 32.8 Å². The first kappa shape index (κ1) is 10.8. The molecule has 78 valence electrons. The summed E-state index contributed by atoms with van der Waals surface area (Å²) in [5.41, 5.74) is 0.596. The zero-order chi connectivity index (χ0) is 10.6. The van der Waals surface area contributed by atoms with Crippen molar-refractivity contribution in [3.8, 4) is 0 Å². The van der Waals surface area contributed by atoms with E-state index in [9.17, 15) is 9.59 Å². The highest BCUT2D eigenvalue weighted by molar-refractivity contribution is 5.87. The molecule has 1 aliphatic rings. The Morgan fingerprint density at radius 2 is 2.36 bits per heavy atom. The number of carbonyl (C=O) groups is 2. The number of ether oxygens (including phenoxy) is 2. The Morgan fingerprint density at radius 1 is 1.71 bits per heavy atom. The van der Waals surface area contributed by atoms with Gasteiger partial charge in [-0.15, -0.1) is 0 Å². The fraction of sp³-hybridized carbons (Fsp3) is 0.600. The molecule has 0 amide bonds. The third kappa shape index (κ3) is 2.87. The van der Waals surface area contributed by atoms with Crippen LogP contribution in [0.5, 0.6) is 0 Å². The highest BCUT2D eigenvalue weighted by atomic mass is 16.6. The third-order valence-electron chi connectivity index (χ3n) is 1.93. The lowest BCUT2D eigenvalue weighted by molar-refractivity contribution is -0.177. The maximum atomic E-state index is 11.2. The van der Waals surface area contributed by atoms with E-state index in [2.05, 4.69) is 0 Å². The van der Waals surface area contributed by atoms with Gasteiger partial charge in [-0.2, -0.15) is 0 Å². The van der Waals surface area contributed by atoms with Crippen LogP contribution in [0.1, 0.15) is 26.7 Å². The van der Waals surface area contributed by atoms with E-state index < -0.39 is 0 Å². The average molecular weight is 198 g/mol. The lowest BCUT2D eigenvalue weighted by Gasteiger charge is -2.24. The summed E-state index contributed by atoms with van der Waals surface area (Å²) in [5.74, 6) is -0.568. The van der Waals surface area contributed by atoms with Gasteiger partial charge in [-0.25, -0.2) is 4.79 Å². The molecule has 1 fully saturated rings. The average Bonchev–Trinajstić information content (AvgIpc) is 2.10. The van der Waals surface area contributed by atoms with Crippen LogP contribution in [-0.4, -0.2) is 24.6 Å². The molecule has 0 radical (unpaired) electrons. The van der Waals surface area contributed by atoms with Crippen molar-refractivity contribution in [2.24, 2.45) is 0 Å². The molecule has 1 atom stereocenters. The van der Waals surface area contributed by atoms with Crippen molar-refractivity contribution in [1.82, 2.24) is 0 Å². The zero-order valence-corrected chi connectivity index (χ0v) is 8.41. The molecule has 14 heavy (non-hydrogen) atoms. The van der Waals surface area contributed by atoms with Crippen molar-refractivity contribution in [3.63, 3.8) is 0 Å². The molecule has 0 aromatic heterocycles. The summed E-state index contributed by atoms with van der Waals surface area (Å²) in [6.07, 6.45) is 2.72. The molecule has 1 aliphatic heterocycles. The maximum absolute atomic E-state index is 11.2. The Balaban J connectivity index is 2.21. The van der Waals surface area contributed by atoms with Gasteiger partial charge in [-0.05, 0) is 13.3 Å². The van der Waals surface area contributed by atoms with Crippen LogP contribution >= 0.6 is 0 Å². The van der Waals surface area contributed by atoms with Crippen molar-refractivity contribution in [3.05, 3.63) is 11.6 Å². The fourth-order valence-corrected chi connectivity index (χ4v) is 1.13. The highest BCUT2D eigenvalue weighted by Crippen LogP contribution is 2.13. The minimum atomic E-state index is -0.338. The molecule has 0 bridgehead atoms. The van der Waals surface area contributed by atoms with E-state index in [1.54, 1.807) is 13.0 Å². The Bertz CT molecular complexity index is 259. The van der Waals surface area contributed by atoms with Crippen LogP contribution in [0, 0.1) is 0 Å². The maximum Gasteiger partial charge on any atom is 0.333 e. The van der Waals surface area contributed by atoms with Crippen molar-refractivity contribution in [2.75, 3.05) is 6.61 Å². The van der Waals surface area contributed by atoms with Crippen LogP contribution in [0.2, 0.25) is 0 Å². The van der Waals surface area contributed by atoms with Crippen LogP contribution in [0.3, 0.4) is 0 Å². The number of rotatable bonds is 4. The van der Waals surface area contributed by atoms with Gasteiger partial charge in [-0.1, -0.05) is 13.0 Å². The van der Waals surface area contributed by atoms with Gasteiger partial charge in [0.25, 0.3) is 0 Å². The summed E-state index contributed by atoms with van der Waals surface area (Å²) in [6, 6.07) is 0. The highest BCUT2D eigenvalue weighted by Gasteiger charge is 2.29. The molecule has 1 unspecified atom stereocenters. The van der Waals surface area contributed by atoms with Gasteiger partial charge in [0.1, 0.15) is 12.7 Å². The molecular formula is C10H14O4. The minimum Gasteiger partial charge on any atom is -0.458 e. The van der Waals surface area contributed by atoms with Crippen LogP contribution < -0.4 is 0 Å². The van der Waals surface area contributed by atoms with Gasteiger partial charge in [0.15, 0.2) is 0 Å². The monoisotopic (exact) mass is 198 g/mol. The van der Waals surface area contributed by atoms with E-state index in [-0.39, 0.29) is 24.6 Å². The summed E-state index contributed by atoms with van der Waals surface area (Å²) in [5, 5.41) is 0. The minimum absolute atomic E-state index is 0.166. The Kier molecular flexibility index (Phi) is 3.68. The first-order valence-electron chi connectivity index (χ1n) is 4.66. The molecule has 0 saturated carbocycles. The Hall–Kier alpha value is -1.32. The normalized spacial score (nSPS) is 21.1. The fourth-order valence-electron chi connectivity index (χ4n) is 1.13. The predicted octanol–water partition coefficient (Wildman–Crippen LogP) is 1.20. The van der Waals surface area contributed by atoms with Crippen molar-refractivity contribution >= 4 is 11.9 Å². The van der Waals surface area contributed by atoms with Crippen LogP contribution in [-0.2, 0) is 19.1 Å². The first-order chi connectivity index (χ1) is 6.63. The largest absolute Gasteiger partial charge is 0.458 e. The van der Waals surface area contributed by atoms with E-state index in [1.807, 2.05) is 6.92 Å². The second-order valence-corrected chi connectivity index (χ2v) is 3.21. The van der Waals surface area contributed by atoms with E-state index in [4.69, 9.17) is 9.47 Å². The molecular weight excluding hydrogens is 184 g/mol. The molecule has 0 aliphatic carbocycles. The summed E-state index contributed by atoms with van der Waals surface area (Å²) >= 11 is 0. The molecule has 0 aromatic carbocycles. The number of hydrogen-bond acceptors (Lipinski definition) is 4. The standard InChI is InChI=1S/C10H14O4/c1-3-4-7(2)10(12)13-6-8-5-9(11)14-8/h4,8H,3,5-6H2,1-2H3. The van der Waals surface area contributed by atoms with Gasteiger partial charge < -0.3 is 9.47 Å². The number of allylic oxidation sites excluding steroid dienone is 1. The lowest BCUT2D eigenvalue weighted by Crippen LogP contribution is -2.37. The molecule has 4 heteroatoms. The van der Waals surface area contributed by atoms with Crippen molar-refractivity contribution in [1.29, 1.82) is 0 Å². The number of carbonyl (C=O) groups excluding carboxylic acids is 2. The van der Waals surface area contributed by atoms with E-state index in [0.29, 0.717) is 12.0 Å². The van der Waals surface area contributed by atoms with Crippen LogP contribution in [0.4, 0.5) is 0 Å². The first-order valence-corrected chi connectivity index (χ1v) is 4.66. The van der Waals surface area contributed by atoms with Gasteiger partial charge in [0, 0.05) is 5.57 Å². The van der Waals surface area contributed by atoms with E-state index in [0.717, 1.165) is 6.42 Å². The number of cyclic esters (lactones) is 1. The number of esters is 2. The van der Waals surface area contributed by atoms with E-state index in [1.165, 1.54) is 0 Å². The molecule has 0 spiro atoms. The second kappa shape index (κ2) is 4.79. The summed E-state index contributed by atoms with van der Waals surface area (Å²) in [7, 11) is 0. The summed E-state index contributed by atoms with van der Waals surface area (Å²) in [4.78, 5) is 21.6. The van der Waals surface area contributed by atoms with Gasteiger partial charge >= 0.3 is 11.9 Å². The molecule has 0 aromatic rings. The van der Waals surface area contributed by atoms with Gasteiger partial charge in [0.2, 0.25) is 0 Å². The van der Waals surface area contributed by atoms with Gasteiger partial charge in [-0.3, -0.25) is 4.79 Å². The third-order valence-corrected chi connectivity index (χ3v) is 1.93. The topological polar surface area (TPSA) is 52.6 Å². The lowest BCUT2D eigenvalue weighted by atomic mass is 10.2. The molecule has 1 saturated heterocycles. The summed E-state index contributed by atoms with van der Waals surface area (Å²) in [6.45, 7) is 3.82. The molecule has 1 heterocycles. The molecule has 4 nitrogen and oxygen atoms in total. The van der Waals surface area contributed by atoms with E-state index >= 15 is 0 Å². The zero-order valence-electron chi connectivity index (χ0n) is 8.41. The second-order valence-electron chi connectivity index (χ2n) is 3.21. The Labute approximate surface area is 82.9 Å². The summed E-state index contributed by atoms with van der Waals surface area (Å²) < 4.78 is 9.62. The smallest absolute Gasteiger partial charge is 0.333 e. The number of hydrogen-bond donors (Lipinski definition) is 0. The predicted molar refractivity (Wildman–Crippen MR) is 49.5 cm³/mol. The van der Waals surface area contributed by atoms with Crippen LogP contribution in [0.15, 0.2) is 11.6 Å². The molecule has 1 rings (SSSR count). The Morgan fingerprint density at radius 3 is 2.86 bits per heavy atom. The van der Waals surface area contributed by atoms with Crippen molar-refractivity contribution < 1.29 is 19.1 Å². The van der Waals surface area contributed by atoms with Crippen LogP contribution in [0.25, 0.3) is 0 Å². The SMILES string of the molecule is CCC=C(C)C(=O)OCC1CC(=O)O1. The van der Waals surface area contributed by atoms with Gasteiger partial charge in [0.05, 0.1) is 6.42 Å². The quantitative estimate of drug-likeness (QED) is 0.503. The molecule has 0 N–H and O–H groups in total.